The van der Waals surface area contributed by atoms with E-state index in [2.05, 4.69) is 65.1 Å². The van der Waals surface area contributed by atoms with Crippen LogP contribution in [0.15, 0.2) is 29.8 Å². The lowest BCUT2D eigenvalue weighted by Crippen LogP contribution is -2.44. The molecule has 0 amide bonds. The van der Waals surface area contributed by atoms with Gasteiger partial charge in [0.05, 0.1) is 6.61 Å². The van der Waals surface area contributed by atoms with Crippen molar-refractivity contribution in [2.45, 2.75) is 90.3 Å². The van der Waals surface area contributed by atoms with Gasteiger partial charge in [0, 0.05) is 0 Å². The number of aliphatic hydroxyl groups is 1. The number of rotatable bonds is 3. The van der Waals surface area contributed by atoms with E-state index in [1.807, 2.05) is 0 Å². The summed E-state index contributed by atoms with van der Waals surface area (Å²) in [7, 11) is -1.80. The van der Waals surface area contributed by atoms with Gasteiger partial charge < -0.3 is 9.53 Å². The maximum absolute atomic E-state index is 9.47. The maximum Gasteiger partial charge on any atom is 0.250 e. The van der Waals surface area contributed by atoms with Crippen LogP contribution in [0, 0.1) is 17.3 Å². The number of aryl methyl sites for hydroxylation is 1. The molecule has 0 aromatic heterocycles. The van der Waals surface area contributed by atoms with Crippen molar-refractivity contribution in [1.82, 2.24) is 0 Å². The highest BCUT2D eigenvalue weighted by molar-refractivity contribution is 6.74. The number of fused-ring (bicyclic) bond motifs is 5. The third-order valence-electron chi connectivity index (χ3n) is 9.06. The average Bonchev–Trinajstić information content (AvgIpc) is 2.97. The minimum Gasteiger partial charge on any atom is -0.543 e. The first kappa shape index (κ1) is 21.2. The first-order valence-electron chi connectivity index (χ1n) is 11.7. The van der Waals surface area contributed by atoms with E-state index in [1.165, 1.54) is 49.7 Å². The topological polar surface area (TPSA) is 29.5 Å². The Morgan fingerprint density at radius 2 is 1.93 bits per heavy atom. The summed E-state index contributed by atoms with van der Waals surface area (Å²) >= 11 is 0. The predicted octanol–water partition coefficient (Wildman–Crippen LogP) is 6.85. The molecular weight excluding hydrogens is 372 g/mol. The minimum absolute atomic E-state index is 0.200. The van der Waals surface area contributed by atoms with E-state index in [0.29, 0.717) is 11.3 Å². The van der Waals surface area contributed by atoms with Crippen LogP contribution in [-0.4, -0.2) is 20.0 Å². The molecule has 0 heterocycles. The van der Waals surface area contributed by atoms with Crippen molar-refractivity contribution >= 4 is 8.32 Å². The molecule has 2 nitrogen and oxygen atoms in total. The molecule has 3 aliphatic carbocycles. The Morgan fingerprint density at radius 1 is 1.17 bits per heavy atom. The van der Waals surface area contributed by atoms with Gasteiger partial charge in [0.25, 0.3) is 0 Å². The van der Waals surface area contributed by atoms with Crippen molar-refractivity contribution < 1.29 is 9.53 Å². The third-order valence-corrected chi connectivity index (χ3v) is 13.4. The standard InChI is InChI=1S/C26H40O2Si/c1-25(2,3)29(5,6)28-20-9-11-21-18(17-20)7-10-23-22(21)13-15-26(4)19(14-16-27)8-12-24(23)26/h9,11,14,17,22-24,27H,7-8,10,12-13,15-16H2,1-6H3/b19-14-. The second-order valence-corrected chi connectivity index (χ2v) is 16.3. The van der Waals surface area contributed by atoms with Crippen LogP contribution >= 0.6 is 0 Å². The van der Waals surface area contributed by atoms with Crippen LogP contribution < -0.4 is 4.43 Å². The Morgan fingerprint density at radius 3 is 2.62 bits per heavy atom. The van der Waals surface area contributed by atoms with E-state index < -0.39 is 8.32 Å². The van der Waals surface area contributed by atoms with E-state index in [-0.39, 0.29) is 11.6 Å². The van der Waals surface area contributed by atoms with Crippen molar-refractivity contribution in [3.8, 4) is 5.75 Å². The SMILES string of the molecule is CC12CCC3c4ccc(O[Si](C)(C)C(C)(C)C)cc4CCC3C1CC/C2=C/CO. The Kier molecular flexibility index (Phi) is 5.31. The van der Waals surface area contributed by atoms with Gasteiger partial charge in [0.1, 0.15) is 5.75 Å². The Labute approximate surface area is 178 Å². The molecule has 29 heavy (non-hydrogen) atoms. The van der Waals surface area contributed by atoms with Crippen LogP contribution in [0.1, 0.15) is 76.8 Å². The van der Waals surface area contributed by atoms with Gasteiger partial charge >= 0.3 is 0 Å². The number of hydrogen-bond donors (Lipinski definition) is 1. The normalized spacial score (nSPS) is 33.2. The van der Waals surface area contributed by atoms with E-state index in [4.69, 9.17) is 4.43 Å². The molecule has 1 aromatic rings. The lowest BCUT2D eigenvalue weighted by molar-refractivity contribution is 0.0810. The molecule has 3 aliphatic rings. The molecule has 4 atom stereocenters. The highest BCUT2D eigenvalue weighted by atomic mass is 28.4. The fourth-order valence-corrected chi connectivity index (χ4v) is 7.39. The van der Waals surface area contributed by atoms with Crippen LogP contribution in [0.2, 0.25) is 18.1 Å². The van der Waals surface area contributed by atoms with Gasteiger partial charge in [-0.05, 0) is 103 Å². The van der Waals surface area contributed by atoms with Gasteiger partial charge in [0.15, 0.2) is 0 Å². The maximum atomic E-state index is 9.47. The van der Waals surface area contributed by atoms with Gasteiger partial charge in [-0.3, -0.25) is 0 Å². The number of aliphatic hydroxyl groups excluding tert-OH is 1. The molecule has 160 valence electrons. The zero-order valence-corrected chi connectivity index (χ0v) is 20.3. The number of hydrogen-bond acceptors (Lipinski definition) is 2. The van der Waals surface area contributed by atoms with Crippen LogP contribution in [0.25, 0.3) is 0 Å². The summed E-state index contributed by atoms with van der Waals surface area (Å²) in [5, 5.41) is 9.69. The molecular formula is C26H40O2Si. The summed E-state index contributed by atoms with van der Waals surface area (Å²) in [5.41, 5.74) is 5.00. The van der Waals surface area contributed by atoms with Gasteiger partial charge in [-0.1, -0.05) is 45.4 Å². The van der Waals surface area contributed by atoms with Crippen molar-refractivity contribution in [3.63, 3.8) is 0 Å². The summed E-state index contributed by atoms with van der Waals surface area (Å²) in [4.78, 5) is 0. The van der Waals surface area contributed by atoms with E-state index >= 15 is 0 Å². The quantitative estimate of drug-likeness (QED) is 0.435. The highest BCUT2D eigenvalue weighted by Crippen LogP contribution is 2.62. The van der Waals surface area contributed by atoms with Crippen molar-refractivity contribution in [2.24, 2.45) is 17.3 Å². The Hall–Kier alpha value is -1.06. The second-order valence-electron chi connectivity index (χ2n) is 11.5. The fraction of sp³-hybridized carbons (Fsp3) is 0.692. The molecule has 2 saturated carbocycles. The van der Waals surface area contributed by atoms with Crippen molar-refractivity contribution in [2.75, 3.05) is 6.61 Å². The molecule has 0 radical (unpaired) electrons. The van der Waals surface area contributed by atoms with Crippen molar-refractivity contribution in [1.29, 1.82) is 0 Å². The molecule has 3 heteroatoms. The highest BCUT2D eigenvalue weighted by Gasteiger charge is 2.52. The lowest BCUT2D eigenvalue weighted by Gasteiger charge is -2.49. The molecule has 4 rings (SSSR count). The Bertz CT molecular complexity index is 803. The van der Waals surface area contributed by atoms with Gasteiger partial charge in [-0.25, -0.2) is 0 Å². The minimum atomic E-state index is -1.80. The molecule has 0 bridgehead atoms. The molecule has 0 saturated heterocycles. The first-order chi connectivity index (χ1) is 13.6. The monoisotopic (exact) mass is 412 g/mol. The summed E-state index contributed by atoms with van der Waals surface area (Å²) in [5.74, 6) is 3.39. The van der Waals surface area contributed by atoms with Crippen LogP contribution in [0.5, 0.6) is 5.75 Å². The van der Waals surface area contributed by atoms with Crippen LogP contribution in [0.4, 0.5) is 0 Å². The Balaban J connectivity index is 1.58. The van der Waals surface area contributed by atoms with E-state index in [1.54, 1.807) is 5.56 Å². The number of allylic oxidation sites excluding steroid dienone is 1. The average molecular weight is 413 g/mol. The molecule has 0 aliphatic heterocycles. The molecule has 2 fully saturated rings. The first-order valence-corrected chi connectivity index (χ1v) is 14.6. The second kappa shape index (κ2) is 7.27. The third kappa shape index (κ3) is 3.52. The predicted molar refractivity (Wildman–Crippen MR) is 124 cm³/mol. The van der Waals surface area contributed by atoms with Gasteiger partial charge in [0.2, 0.25) is 8.32 Å². The van der Waals surface area contributed by atoms with Gasteiger partial charge in [-0.15, -0.1) is 0 Å². The van der Waals surface area contributed by atoms with Gasteiger partial charge in [-0.2, -0.15) is 0 Å². The zero-order chi connectivity index (χ0) is 21.0. The van der Waals surface area contributed by atoms with Crippen LogP contribution in [0.3, 0.4) is 0 Å². The van der Waals surface area contributed by atoms with E-state index in [0.717, 1.165) is 17.6 Å². The zero-order valence-electron chi connectivity index (χ0n) is 19.3. The molecule has 1 N–H and O–H groups in total. The molecule has 1 aromatic carbocycles. The fourth-order valence-electron chi connectivity index (χ4n) is 6.36. The summed E-state index contributed by atoms with van der Waals surface area (Å²) in [6.45, 7) is 14.3. The smallest absolute Gasteiger partial charge is 0.250 e. The number of benzene rings is 1. The molecule has 4 unspecified atom stereocenters. The summed E-state index contributed by atoms with van der Waals surface area (Å²) < 4.78 is 6.60. The van der Waals surface area contributed by atoms with E-state index in [9.17, 15) is 5.11 Å². The van der Waals surface area contributed by atoms with Crippen molar-refractivity contribution in [3.05, 3.63) is 41.0 Å². The lowest BCUT2D eigenvalue weighted by atomic mass is 9.55. The largest absolute Gasteiger partial charge is 0.543 e. The van der Waals surface area contributed by atoms with Crippen LogP contribution in [-0.2, 0) is 6.42 Å². The summed E-state index contributed by atoms with van der Waals surface area (Å²) in [6.07, 6.45) is 9.68. The molecule has 0 spiro atoms. The summed E-state index contributed by atoms with van der Waals surface area (Å²) in [6, 6.07) is 7.02.